The summed E-state index contributed by atoms with van der Waals surface area (Å²) < 4.78 is 23.0. The van der Waals surface area contributed by atoms with Crippen LogP contribution in [0.5, 0.6) is 11.5 Å². The number of hydrogen-bond donors (Lipinski definition) is 1. The van der Waals surface area contributed by atoms with Crippen LogP contribution in [-0.2, 0) is 9.53 Å². The SMILES string of the molecule is COc1cc(C)c(OCCCOC(C(=O)O)C(C)(C)C)cc1-c1cc(=O)c2cccc(Cl)c2o1. The highest BCUT2D eigenvalue weighted by Gasteiger charge is 2.31. The lowest BCUT2D eigenvalue weighted by Crippen LogP contribution is -2.37. The number of halogens is 1. The monoisotopic (exact) mass is 488 g/mol. The normalized spacial score (nSPS) is 12.5. The van der Waals surface area contributed by atoms with Crippen LogP contribution in [0.1, 0.15) is 32.8 Å². The largest absolute Gasteiger partial charge is 0.496 e. The number of carbonyl (C=O) groups is 1. The van der Waals surface area contributed by atoms with Gasteiger partial charge in [0.2, 0.25) is 0 Å². The summed E-state index contributed by atoms with van der Waals surface area (Å²) in [5.74, 6) is 0.437. The average Bonchev–Trinajstić information content (AvgIpc) is 2.76. The van der Waals surface area contributed by atoms with Gasteiger partial charge in [0.05, 0.1) is 36.3 Å². The molecule has 1 heterocycles. The first-order chi connectivity index (χ1) is 16.0. The van der Waals surface area contributed by atoms with E-state index in [0.717, 1.165) is 5.56 Å². The zero-order chi connectivity index (χ0) is 25.0. The number of fused-ring (bicyclic) bond motifs is 1. The van der Waals surface area contributed by atoms with E-state index in [0.29, 0.717) is 51.8 Å². The molecule has 7 nitrogen and oxygen atoms in total. The predicted octanol–water partition coefficient (Wildman–Crippen LogP) is 5.72. The Kier molecular flexibility index (Phi) is 7.89. The number of rotatable bonds is 9. The number of methoxy groups -OCH3 is 1. The molecule has 0 radical (unpaired) electrons. The van der Waals surface area contributed by atoms with Gasteiger partial charge >= 0.3 is 5.97 Å². The molecule has 0 fully saturated rings. The van der Waals surface area contributed by atoms with E-state index >= 15 is 0 Å². The Hall–Kier alpha value is -3.03. The van der Waals surface area contributed by atoms with Gasteiger partial charge in [-0.25, -0.2) is 4.79 Å². The number of carboxylic acids is 1. The second-order valence-electron chi connectivity index (χ2n) is 9.07. The highest BCUT2D eigenvalue weighted by Crippen LogP contribution is 2.37. The van der Waals surface area contributed by atoms with Gasteiger partial charge in [0.1, 0.15) is 17.3 Å². The third-order valence-corrected chi connectivity index (χ3v) is 5.61. The van der Waals surface area contributed by atoms with Crippen molar-refractivity contribution in [1.29, 1.82) is 0 Å². The molecule has 0 aliphatic rings. The molecule has 8 heteroatoms. The van der Waals surface area contributed by atoms with Crippen LogP contribution >= 0.6 is 11.6 Å². The minimum atomic E-state index is -0.985. The van der Waals surface area contributed by atoms with E-state index in [4.69, 9.17) is 30.2 Å². The number of para-hydroxylation sites is 1. The number of aryl methyl sites for hydroxylation is 1. The molecule has 3 rings (SSSR count). The molecule has 0 amide bonds. The van der Waals surface area contributed by atoms with Crippen molar-refractivity contribution in [3.8, 4) is 22.8 Å². The van der Waals surface area contributed by atoms with Gasteiger partial charge in [0.25, 0.3) is 0 Å². The van der Waals surface area contributed by atoms with Crippen LogP contribution in [0.15, 0.2) is 45.6 Å². The summed E-state index contributed by atoms with van der Waals surface area (Å²) in [6, 6.07) is 9.98. The van der Waals surface area contributed by atoms with Crippen LogP contribution in [0, 0.1) is 12.3 Å². The fourth-order valence-electron chi connectivity index (χ4n) is 3.59. The van der Waals surface area contributed by atoms with Crippen LogP contribution in [-0.4, -0.2) is 37.5 Å². The Morgan fingerprint density at radius 3 is 2.53 bits per heavy atom. The van der Waals surface area contributed by atoms with Crippen molar-refractivity contribution >= 4 is 28.5 Å². The van der Waals surface area contributed by atoms with Crippen LogP contribution in [0.3, 0.4) is 0 Å². The maximum absolute atomic E-state index is 12.6. The molecule has 1 aromatic heterocycles. The fourth-order valence-corrected chi connectivity index (χ4v) is 3.80. The third kappa shape index (κ3) is 5.72. The van der Waals surface area contributed by atoms with Crippen LogP contribution < -0.4 is 14.9 Å². The highest BCUT2D eigenvalue weighted by molar-refractivity contribution is 6.34. The number of ether oxygens (including phenoxy) is 3. The Labute approximate surface area is 203 Å². The second kappa shape index (κ2) is 10.5. The smallest absolute Gasteiger partial charge is 0.333 e. The van der Waals surface area contributed by atoms with Crippen molar-refractivity contribution < 1.29 is 28.5 Å². The third-order valence-electron chi connectivity index (χ3n) is 5.31. The number of benzene rings is 2. The predicted molar refractivity (Wildman–Crippen MR) is 131 cm³/mol. The Morgan fingerprint density at radius 1 is 1.15 bits per heavy atom. The molecule has 0 spiro atoms. The minimum absolute atomic E-state index is 0.215. The standard InChI is InChI=1S/C26H29ClO7/c1-15-12-21(31-5)17(22-14-19(28)16-8-6-9-18(27)23(16)34-22)13-20(15)32-10-7-11-33-24(25(29)30)26(2,3)4/h6,8-9,12-14,24H,7,10-11H2,1-5H3,(H,29,30). The topological polar surface area (TPSA) is 95.2 Å². The molecule has 0 aliphatic heterocycles. The summed E-state index contributed by atoms with van der Waals surface area (Å²) in [7, 11) is 1.54. The summed E-state index contributed by atoms with van der Waals surface area (Å²) in [5, 5.41) is 10.1. The van der Waals surface area contributed by atoms with Gasteiger partial charge in [-0.15, -0.1) is 0 Å². The molecule has 2 aromatic carbocycles. The average molecular weight is 489 g/mol. The first-order valence-corrected chi connectivity index (χ1v) is 11.3. The van der Waals surface area contributed by atoms with Gasteiger partial charge in [0, 0.05) is 12.5 Å². The van der Waals surface area contributed by atoms with Crippen molar-refractivity contribution in [3.63, 3.8) is 0 Å². The van der Waals surface area contributed by atoms with Gasteiger partial charge in [-0.3, -0.25) is 4.79 Å². The van der Waals surface area contributed by atoms with Crippen molar-refractivity contribution in [3.05, 3.63) is 57.2 Å². The van der Waals surface area contributed by atoms with Gasteiger partial charge in [-0.1, -0.05) is 38.4 Å². The van der Waals surface area contributed by atoms with E-state index in [1.807, 2.05) is 27.7 Å². The maximum atomic E-state index is 12.6. The zero-order valence-electron chi connectivity index (χ0n) is 19.9. The Bertz CT molecular complexity index is 1240. The van der Waals surface area contributed by atoms with E-state index < -0.39 is 17.5 Å². The Morgan fingerprint density at radius 2 is 1.88 bits per heavy atom. The molecule has 182 valence electrons. The number of aliphatic carboxylic acids is 1. The first-order valence-electron chi connectivity index (χ1n) is 10.9. The summed E-state index contributed by atoms with van der Waals surface area (Å²) >= 11 is 6.25. The van der Waals surface area contributed by atoms with Gasteiger partial charge < -0.3 is 23.7 Å². The minimum Gasteiger partial charge on any atom is -0.496 e. The summed E-state index contributed by atoms with van der Waals surface area (Å²) in [4.78, 5) is 24.1. The summed E-state index contributed by atoms with van der Waals surface area (Å²) in [5.41, 5.74) is 0.965. The molecule has 1 unspecified atom stereocenters. The van der Waals surface area contributed by atoms with E-state index in [1.54, 1.807) is 30.3 Å². The van der Waals surface area contributed by atoms with Gasteiger partial charge in [-0.2, -0.15) is 0 Å². The summed E-state index contributed by atoms with van der Waals surface area (Å²) in [6.45, 7) is 7.91. The van der Waals surface area contributed by atoms with Crippen LogP contribution in [0.2, 0.25) is 5.02 Å². The number of carboxylic acid groups (broad SMARTS) is 1. The van der Waals surface area contributed by atoms with Crippen molar-refractivity contribution in [2.45, 2.75) is 40.2 Å². The van der Waals surface area contributed by atoms with Crippen molar-refractivity contribution in [2.75, 3.05) is 20.3 Å². The van der Waals surface area contributed by atoms with E-state index in [2.05, 4.69) is 0 Å². The number of hydrogen-bond acceptors (Lipinski definition) is 6. The zero-order valence-corrected chi connectivity index (χ0v) is 20.7. The van der Waals surface area contributed by atoms with E-state index in [9.17, 15) is 14.7 Å². The van der Waals surface area contributed by atoms with E-state index in [-0.39, 0.29) is 12.0 Å². The Balaban J connectivity index is 1.80. The highest BCUT2D eigenvalue weighted by atomic mass is 35.5. The molecule has 3 aromatic rings. The van der Waals surface area contributed by atoms with Crippen molar-refractivity contribution in [1.82, 2.24) is 0 Å². The van der Waals surface area contributed by atoms with Crippen LogP contribution in [0.25, 0.3) is 22.3 Å². The molecule has 1 atom stereocenters. The lowest BCUT2D eigenvalue weighted by atomic mass is 9.89. The molecule has 0 aliphatic carbocycles. The van der Waals surface area contributed by atoms with Crippen LogP contribution in [0.4, 0.5) is 0 Å². The first kappa shape index (κ1) is 25.6. The van der Waals surface area contributed by atoms with Gasteiger partial charge in [-0.05, 0) is 42.2 Å². The fraction of sp³-hybridized carbons (Fsp3) is 0.385. The van der Waals surface area contributed by atoms with E-state index in [1.165, 1.54) is 13.2 Å². The molecular weight excluding hydrogens is 460 g/mol. The lowest BCUT2D eigenvalue weighted by molar-refractivity contribution is -0.158. The second-order valence-corrected chi connectivity index (χ2v) is 9.47. The quantitative estimate of drug-likeness (QED) is 0.385. The maximum Gasteiger partial charge on any atom is 0.333 e. The molecule has 0 saturated heterocycles. The summed E-state index contributed by atoms with van der Waals surface area (Å²) in [6.07, 6.45) is -0.397. The lowest BCUT2D eigenvalue weighted by Gasteiger charge is -2.26. The van der Waals surface area contributed by atoms with Crippen molar-refractivity contribution in [2.24, 2.45) is 5.41 Å². The van der Waals surface area contributed by atoms with Gasteiger partial charge in [0.15, 0.2) is 17.1 Å². The molecule has 0 saturated carbocycles. The molecular formula is C26H29ClO7. The molecule has 34 heavy (non-hydrogen) atoms. The molecule has 1 N–H and O–H groups in total. The molecule has 0 bridgehead atoms.